The van der Waals surface area contributed by atoms with Crippen molar-refractivity contribution in [1.29, 1.82) is 0 Å². The van der Waals surface area contributed by atoms with Crippen LogP contribution in [0.3, 0.4) is 0 Å². The van der Waals surface area contributed by atoms with E-state index in [1.165, 1.54) is 25.3 Å². The van der Waals surface area contributed by atoms with Gasteiger partial charge in [0.05, 0.1) is 18.4 Å². The minimum atomic E-state index is -0.371. The van der Waals surface area contributed by atoms with Crippen LogP contribution in [0.25, 0.3) is 0 Å². The highest BCUT2D eigenvalue weighted by molar-refractivity contribution is 7.99. The number of carbonyl (C=O) groups excluding carboxylic acids is 2. The molecule has 3 rings (SSSR count). The predicted octanol–water partition coefficient (Wildman–Crippen LogP) is 2.20. The van der Waals surface area contributed by atoms with Crippen molar-refractivity contribution in [1.82, 2.24) is 20.1 Å². The van der Waals surface area contributed by atoms with E-state index in [1.54, 1.807) is 24.3 Å². The molecule has 8 heteroatoms. The van der Waals surface area contributed by atoms with Gasteiger partial charge in [0.2, 0.25) is 5.91 Å². The smallest absolute Gasteiger partial charge is 0.337 e. The Morgan fingerprint density at radius 3 is 2.77 bits per heavy atom. The Bertz CT molecular complexity index is 773. The molecule has 7 nitrogen and oxygen atoms in total. The number of amides is 1. The number of hydrogen-bond acceptors (Lipinski definition) is 6. The fourth-order valence-corrected chi connectivity index (χ4v) is 3.64. The van der Waals surface area contributed by atoms with E-state index in [0.717, 1.165) is 42.4 Å². The Morgan fingerprint density at radius 1 is 1.19 bits per heavy atom. The van der Waals surface area contributed by atoms with Gasteiger partial charge in [-0.2, -0.15) is 0 Å². The molecule has 0 saturated carbocycles. The fourth-order valence-electron chi connectivity index (χ4n) is 2.82. The molecule has 1 aromatic carbocycles. The van der Waals surface area contributed by atoms with Crippen LogP contribution < -0.4 is 5.32 Å². The summed E-state index contributed by atoms with van der Waals surface area (Å²) in [5.41, 5.74) is 1.41. The standard InChI is InChI=1S/C18H22N4O3S/c1-25-17(24)14-8-6-13(7-9-14)11-19-16(23)12-26-18-21-20-15-5-3-2-4-10-22(15)18/h6-9H,2-5,10-12H2,1H3,(H,19,23). The van der Waals surface area contributed by atoms with Crippen molar-refractivity contribution in [3.63, 3.8) is 0 Å². The van der Waals surface area contributed by atoms with Crippen LogP contribution in [0.5, 0.6) is 0 Å². The van der Waals surface area contributed by atoms with Crippen molar-refractivity contribution in [3.05, 3.63) is 41.2 Å². The van der Waals surface area contributed by atoms with E-state index in [0.29, 0.717) is 17.9 Å². The molecule has 1 aliphatic rings. The highest BCUT2D eigenvalue weighted by atomic mass is 32.2. The van der Waals surface area contributed by atoms with E-state index in [2.05, 4.69) is 24.8 Å². The normalized spacial score (nSPS) is 13.6. The molecule has 0 saturated heterocycles. The molecule has 1 aromatic heterocycles. The van der Waals surface area contributed by atoms with Crippen LogP contribution in [-0.2, 0) is 29.0 Å². The maximum absolute atomic E-state index is 12.1. The van der Waals surface area contributed by atoms with Gasteiger partial charge in [0.1, 0.15) is 5.82 Å². The summed E-state index contributed by atoms with van der Waals surface area (Å²) in [4.78, 5) is 23.5. The fraction of sp³-hybridized carbons (Fsp3) is 0.444. The number of hydrogen-bond donors (Lipinski definition) is 1. The van der Waals surface area contributed by atoms with Crippen LogP contribution in [0.1, 0.15) is 41.0 Å². The lowest BCUT2D eigenvalue weighted by atomic mass is 10.1. The third-order valence-corrected chi connectivity index (χ3v) is 5.24. The Morgan fingerprint density at radius 2 is 2.00 bits per heavy atom. The maximum Gasteiger partial charge on any atom is 0.337 e. The molecule has 138 valence electrons. The summed E-state index contributed by atoms with van der Waals surface area (Å²) in [5, 5.41) is 12.2. The summed E-state index contributed by atoms with van der Waals surface area (Å²) in [6, 6.07) is 6.98. The molecule has 1 amide bonds. The third-order valence-electron chi connectivity index (χ3n) is 4.27. The van der Waals surface area contributed by atoms with Crippen molar-refractivity contribution in [2.75, 3.05) is 12.9 Å². The number of fused-ring (bicyclic) bond motifs is 1. The Balaban J connectivity index is 1.47. The van der Waals surface area contributed by atoms with E-state index in [9.17, 15) is 9.59 Å². The van der Waals surface area contributed by atoms with Gasteiger partial charge in [-0.05, 0) is 30.5 Å². The van der Waals surface area contributed by atoms with Gasteiger partial charge >= 0.3 is 5.97 Å². The number of ether oxygens (including phenoxy) is 1. The summed E-state index contributed by atoms with van der Waals surface area (Å²) in [7, 11) is 1.35. The molecule has 2 heterocycles. The number of methoxy groups -OCH3 is 1. The Labute approximate surface area is 156 Å². The first-order valence-corrected chi connectivity index (χ1v) is 9.65. The van der Waals surface area contributed by atoms with Crippen LogP contribution in [0.15, 0.2) is 29.4 Å². The number of carbonyl (C=O) groups is 2. The van der Waals surface area contributed by atoms with Crippen LogP contribution in [0.4, 0.5) is 0 Å². The van der Waals surface area contributed by atoms with Crippen molar-refractivity contribution in [2.45, 2.75) is 43.9 Å². The van der Waals surface area contributed by atoms with E-state index in [4.69, 9.17) is 0 Å². The van der Waals surface area contributed by atoms with Gasteiger partial charge in [-0.3, -0.25) is 4.79 Å². The molecular weight excluding hydrogens is 352 g/mol. The number of thioether (sulfide) groups is 1. The summed E-state index contributed by atoms with van der Waals surface area (Å²) < 4.78 is 6.80. The molecule has 0 fully saturated rings. The maximum atomic E-state index is 12.1. The first kappa shape index (κ1) is 18.4. The number of nitrogens with zero attached hydrogens (tertiary/aromatic N) is 3. The van der Waals surface area contributed by atoms with Gasteiger partial charge in [0.25, 0.3) is 0 Å². The summed E-state index contributed by atoms with van der Waals surface area (Å²) >= 11 is 1.42. The first-order valence-electron chi connectivity index (χ1n) is 8.66. The molecule has 1 aliphatic heterocycles. The van der Waals surface area contributed by atoms with Crippen LogP contribution in [0, 0.1) is 0 Å². The third kappa shape index (κ3) is 4.63. The average molecular weight is 374 g/mol. The van der Waals surface area contributed by atoms with Gasteiger partial charge in [-0.25, -0.2) is 4.79 Å². The number of aromatic nitrogens is 3. The number of nitrogens with one attached hydrogen (secondary N) is 1. The van der Waals surface area contributed by atoms with Gasteiger partial charge in [0.15, 0.2) is 5.16 Å². The summed E-state index contributed by atoms with van der Waals surface area (Å²) in [6.45, 7) is 1.34. The minimum Gasteiger partial charge on any atom is -0.465 e. The largest absolute Gasteiger partial charge is 0.465 e. The summed E-state index contributed by atoms with van der Waals surface area (Å²) in [5.74, 6) is 0.900. The Hall–Kier alpha value is -2.35. The minimum absolute atomic E-state index is 0.0574. The zero-order chi connectivity index (χ0) is 18.4. The topological polar surface area (TPSA) is 86.1 Å². The van der Waals surface area contributed by atoms with Crippen molar-refractivity contribution in [3.8, 4) is 0 Å². The highest BCUT2D eigenvalue weighted by Gasteiger charge is 2.16. The number of benzene rings is 1. The lowest BCUT2D eigenvalue weighted by Crippen LogP contribution is -2.24. The predicted molar refractivity (Wildman–Crippen MR) is 97.9 cm³/mol. The molecule has 1 N–H and O–H groups in total. The van der Waals surface area contributed by atoms with Crippen molar-refractivity contribution >= 4 is 23.6 Å². The first-order chi connectivity index (χ1) is 12.7. The monoisotopic (exact) mass is 374 g/mol. The summed E-state index contributed by atoms with van der Waals surface area (Å²) in [6.07, 6.45) is 4.45. The quantitative estimate of drug-likeness (QED) is 0.616. The van der Waals surface area contributed by atoms with Gasteiger partial charge in [-0.1, -0.05) is 30.3 Å². The van der Waals surface area contributed by atoms with Crippen LogP contribution in [0.2, 0.25) is 0 Å². The molecule has 0 spiro atoms. The number of aryl methyl sites for hydroxylation is 1. The van der Waals surface area contributed by atoms with Crippen molar-refractivity contribution < 1.29 is 14.3 Å². The molecule has 0 unspecified atom stereocenters. The second-order valence-electron chi connectivity index (χ2n) is 6.12. The molecular formula is C18H22N4O3S. The van der Waals surface area contributed by atoms with Crippen LogP contribution >= 0.6 is 11.8 Å². The van der Waals surface area contributed by atoms with Gasteiger partial charge in [0, 0.05) is 19.5 Å². The SMILES string of the molecule is COC(=O)c1ccc(CNC(=O)CSc2nnc3n2CCCCC3)cc1. The molecule has 2 aromatic rings. The molecule has 0 atom stereocenters. The van der Waals surface area contributed by atoms with Gasteiger partial charge < -0.3 is 14.6 Å². The van der Waals surface area contributed by atoms with E-state index >= 15 is 0 Å². The lowest BCUT2D eigenvalue weighted by molar-refractivity contribution is -0.118. The van der Waals surface area contributed by atoms with Gasteiger partial charge in [-0.15, -0.1) is 10.2 Å². The highest BCUT2D eigenvalue weighted by Crippen LogP contribution is 2.21. The van der Waals surface area contributed by atoms with E-state index in [-0.39, 0.29) is 11.9 Å². The van der Waals surface area contributed by atoms with Crippen molar-refractivity contribution in [2.24, 2.45) is 0 Å². The molecule has 26 heavy (non-hydrogen) atoms. The van der Waals surface area contributed by atoms with E-state index in [1.807, 2.05) is 0 Å². The zero-order valence-electron chi connectivity index (χ0n) is 14.7. The Kier molecular flexibility index (Phi) is 6.27. The zero-order valence-corrected chi connectivity index (χ0v) is 15.6. The van der Waals surface area contributed by atoms with Crippen LogP contribution in [-0.4, -0.2) is 39.5 Å². The second-order valence-corrected chi connectivity index (χ2v) is 7.06. The molecule has 0 radical (unpaired) electrons. The second kappa shape index (κ2) is 8.84. The lowest BCUT2D eigenvalue weighted by Gasteiger charge is -2.08. The average Bonchev–Trinajstić information content (AvgIpc) is 2.90. The molecule has 0 aliphatic carbocycles. The number of esters is 1. The van der Waals surface area contributed by atoms with E-state index < -0.39 is 0 Å². The molecule has 0 bridgehead atoms. The number of rotatable bonds is 6.